The van der Waals surface area contributed by atoms with Crippen molar-refractivity contribution in [3.8, 4) is 5.75 Å². The summed E-state index contributed by atoms with van der Waals surface area (Å²) in [5.41, 5.74) is 2.44. The van der Waals surface area contributed by atoms with Crippen molar-refractivity contribution in [1.82, 2.24) is 4.98 Å². The van der Waals surface area contributed by atoms with Crippen molar-refractivity contribution < 1.29 is 23.1 Å². The van der Waals surface area contributed by atoms with Crippen molar-refractivity contribution in [3.05, 3.63) is 47.4 Å². The second-order valence-electron chi connectivity index (χ2n) is 5.19. The lowest BCUT2D eigenvalue weighted by Gasteiger charge is -2.05. The van der Waals surface area contributed by atoms with Gasteiger partial charge >= 0.3 is 5.97 Å². The van der Waals surface area contributed by atoms with Crippen molar-refractivity contribution in [2.45, 2.75) is 20.3 Å². The van der Waals surface area contributed by atoms with Gasteiger partial charge < -0.3 is 18.3 Å². The van der Waals surface area contributed by atoms with Crippen LogP contribution in [0.3, 0.4) is 0 Å². The number of benzene rings is 1. The van der Waals surface area contributed by atoms with Crippen LogP contribution in [0.5, 0.6) is 5.75 Å². The molecular weight excluding hydrogens is 298 g/mol. The number of carbonyl (C=O) groups is 1. The molecule has 0 bridgehead atoms. The number of rotatable bonds is 5. The Morgan fingerprint density at radius 2 is 2.13 bits per heavy atom. The number of carbonyl (C=O) groups excluding carboxylic acids is 1. The summed E-state index contributed by atoms with van der Waals surface area (Å²) in [6, 6.07) is 5.56. The van der Waals surface area contributed by atoms with Crippen molar-refractivity contribution >= 4 is 16.9 Å². The number of para-hydroxylation sites is 1. The van der Waals surface area contributed by atoms with Gasteiger partial charge in [-0.3, -0.25) is 0 Å². The van der Waals surface area contributed by atoms with Crippen LogP contribution >= 0.6 is 0 Å². The Morgan fingerprint density at radius 3 is 2.83 bits per heavy atom. The Morgan fingerprint density at radius 1 is 1.30 bits per heavy atom. The Labute approximate surface area is 133 Å². The lowest BCUT2D eigenvalue weighted by Crippen LogP contribution is -2.12. The van der Waals surface area contributed by atoms with Crippen LogP contribution in [0.2, 0.25) is 0 Å². The molecule has 0 N–H and O–H groups in total. The van der Waals surface area contributed by atoms with E-state index in [9.17, 15) is 4.79 Å². The average Bonchev–Trinajstić information content (AvgIpc) is 3.09. The van der Waals surface area contributed by atoms with E-state index in [2.05, 4.69) is 9.72 Å². The zero-order chi connectivity index (χ0) is 16.4. The SMILES string of the molecule is COC(=O)COc1cccc2c(Cc3nc(C)co3)c(C)oc12. The first-order valence-electron chi connectivity index (χ1n) is 7.20. The zero-order valence-corrected chi connectivity index (χ0v) is 13.2. The van der Waals surface area contributed by atoms with E-state index in [0.717, 1.165) is 22.4 Å². The monoisotopic (exact) mass is 315 g/mol. The minimum Gasteiger partial charge on any atom is -0.478 e. The zero-order valence-electron chi connectivity index (χ0n) is 13.2. The highest BCUT2D eigenvalue weighted by Gasteiger charge is 2.17. The number of ether oxygens (including phenoxy) is 2. The van der Waals surface area contributed by atoms with E-state index in [0.29, 0.717) is 23.6 Å². The van der Waals surface area contributed by atoms with Crippen LogP contribution in [-0.2, 0) is 16.0 Å². The molecule has 6 heteroatoms. The smallest absolute Gasteiger partial charge is 0.343 e. The van der Waals surface area contributed by atoms with E-state index in [1.165, 1.54) is 7.11 Å². The number of hydrogen-bond acceptors (Lipinski definition) is 6. The van der Waals surface area contributed by atoms with Crippen LogP contribution in [0.15, 0.2) is 33.3 Å². The minimum absolute atomic E-state index is 0.163. The van der Waals surface area contributed by atoms with Gasteiger partial charge in [0.05, 0.1) is 19.2 Å². The van der Waals surface area contributed by atoms with Gasteiger partial charge in [-0.25, -0.2) is 9.78 Å². The fourth-order valence-corrected chi connectivity index (χ4v) is 2.43. The second-order valence-corrected chi connectivity index (χ2v) is 5.19. The number of aryl methyl sites for hydroxylation is 2. The molecule has 0 spiro atoms. The van der Waals surface area contributed by atoms with Gasteiger partial charge in [-0.1, -0.05) is 12.1 Å². The molecule has 1 aromatic carbocycles. The molecular formula is C17H17NO5. The number of aromatic nitrogens is 1. The number of furan rings is 1. The number of nitrogens with zero attached hydrogens (tertiary/aromatic N) is 1. The third-order valence-corrected chi connectivity index (χ3v) is 3.55. The highest BCUT2D eigenvalue weighted by atomic mass is 16.6. The Hall–Kier alpha value is -2.76. The standard InChI is InChI=1S/C17H17NO5/c1-10-8-22-15(18-10)7-13-11(2)23-17-12(13)5-4-6-14(17)21-9-16(19)20-3/h4-6,8H,7,9H2,1-3H3. The predicted molar refractivity (Wildman–Crippen MR) is 82.5 cm³/mol. The van der Waals surface area contributed by atoms with Crippen LogP contribution < -0.4 is 4.74 Å². The van der Waals surface area contributed by atoms with Gasteiger partial charge in [0.25, 0.3) is 0 Å². The lowest BCUT2D eigenvalue weighted by molar-refractivity contribution is -0.142. The first-order valence-corrected chi connectivity index (χ1v) is 7.20. The fourth-order valence-electron chi connectivity index (χ4n) is 2.43. The normalized spacial score (nSPS) is 10.9. The Bertz CT molecular complexity index is 846. The first kappa shape index (κ1) is 15.1. The van der Waals surface area contributed by atoms with E-state index >= 15 is 0 Å². The van der Waals surface area contributed by atoms with Gasteiger partial charge in [0, 0.05) is 10.9 Å². The predicted octanol–water partition coefficient (Wildman–Crippen LogP) is 3.18. The third kappa shape index (κ3) is 3.06. The third-order valence-electron chi connectivity index (χ3n) is 3.55. The summed E-state index contributed by atoms with van der Waals surface area (Å²) in [6.07, 6.45) is 2.16. The summed E-state index contributed by atoms with van der Waals surface area (Å²) >= 11 is 0. The van der Waals surface area contributed by atoms with E-state index in [-0.39, 0.29) is 6.61 Å². The molecule has 3 aromatic rings. The van der Waals surface area contributed by atoms with Crippen LogP contribution in [-0.4, -0.2) is 24.7 Å². The molecule has 0 fully saturated rings. The van der Waals surface area contributed by atoms with Crippen molar-refractivity contribution in [1.29, 1.82) is 0 Å². The number of fused-ring (bicyclic) bond motifs is 1. The quantitative estimate of drug-likeness (QED) is 0.673. The molecule has 0 aliphatic rings. The largest absolute Gasteiger partial charge is 0.478 e. The second kappa shape index (κ2) is 6.16. The summed E-state index contributed by atoms with van der Waals surface area (Å²) < 4.78 is 21.3. The van der Waals surface area contributed by atoms with Gasteiger partial charge in [0.1, 0.15) is 12.0 Å². The van der Waals surface area contributed by atoms with Gasteiger partial charge in [-0.2, -0.15) is 0 Å². The van der Waals surface area contributed by atoms with E-state index in [1.54, 1.807) is 12.3 Å². The maximum Gasteiger partial charge on any atom is 0.343 e. The highest BCUT2D eigenvalue weighted by Crippen LogP contribution is 2.33. The van der Waals surface area contributed by atoms with E-state index < -0.39 is 5.97 Å². The van der Waals surface area contributed by atoms with E-state index in [1.807, 2.05) is 26.0 Å². The van der Waals surface area contributed by atoms with Crippen LogP contribution in [0, 0.1) is 13.8 Å². The molecule has 0 aliphatic heterocycles. The maximum atomic E-state index is 11.2. The molecule has 6 nitrogen and oxygen atoms in total. The molecule has 0 aliphatic carbocycles. The van der Waals surface area contributed by atoms with Crippen LogP contribution in [0.25, 0.3) is 11.0 Å². The van der Waals surface area contributed by atoms with E-state index in [4.69, 9.17) is 13.6 Å². The summed E-state index contributed by atoms with van der Waals surface area (Å²) in [7, 11) is 1.32. The van der Waals surface area contributed by atoms with Crippen LogP contribution in [0.1, 0.15) is 22.9 Å². The van der Waals surface area contributed by atoms with Gasteiger partial charge in [-0.05, 0) is 19.9 Å². The van der Waals surface area contributed by atoms with Crippen LogP contribution in [0.4, 0.5) is 0 Å². The molecule has 0 saturated carbocycles. The molecule has 3 rings (SSSR count). The molecule has 2 aromatic heterocycles. The molecule has 0 atom stereocenters. The van der Waals surface area contributed by atoms with Crippen molar-refractivity contribution in [3.63, 3.8) is 0 Å². The Balaban J connectivity index is 1.94. The summed E-state index contributed by atoms with van der Waals surface area (Å²) in [4.78, 5) is 15.6. The average molecular weight is 315 g/mol. The molecule has 0 saturated heterocycles. The van der Waals surface area contributed by atoms with Crippen molar-refractivity contribution in [2.24, 2.45) is 0 Å². The van der Waals surface area contributed by atoms with Gasteiger partial charge in [-0.15, -0.1) is 0 Å². The number of oxazole rings is 1. The minimum atomic E-state index is -0.444. The lowest BCUT2D eigenvalue weighted by atomic mass is 10.1. The van der Waals surface area contributed by atoms with Gasteiger partial charge in [0.2, 0.25) is 0 Å². The maximum absolute atomic E-state index is 11.2. The number of hydrogen-bond donors (Lipinski definition) is 0. The molecule has 0 amide bonds. The molecule has 23 heavy (non-hydrogen) atoms. The molecule has 0 radical (unpaired) electrons. The van der Waals surface area contributed by atoms with Gasteiger partial charge in [0.15, 0.2) is 23.8 Å². The van der Waals surface area contributed by atoms with Crippen molar-refractivity contribution in [2.75, 3.05) is 13.7 Å². The summed E-state index contributed by atoms with van der Waals surface area (Å²) in [5, 5.41) is 0.917. The summed E-state index contributed by atoms with van der Waals surface area (Å²) in [6.45, 7) is 3.60. The first-order chi connectivity index (χ1) is 11.1. The molecule has 0 unspecified atom stereocenters. The topological polar surface area (TPSA) is 74.7 Å². The highest BCUT2D eigenvalue weighted by molar-refractivity contribution is 5.87. The number of methoxy groups -OCH3 is 1. The fraction of sp³-hybridized carbons (Fsp3) is 0.294. The molecule has 120 valence electrons. The Kier molecular flexibility index (Phi) is 4.06. The molecule has 2 heterocycles. The number of esters is 1. The summed E-state index contributed by atoms with van der Waals surface area (Å²) in [5.74, 6) is 1.46.